The van der Waals surface area contributed by atoms with Crippen LogP contribution in [0.2, 0.25) is 0 Å². The van der Waals surface area contributed by atoms with Gasteiger partial charge in [-0.15, -0.1) is 0 Å². The quantitative estimate of drug-likeness (QED) is 0.728. The number of rotatable bonds is 1. The van der Waals surface area contributed by atoms with E-state index in [0.29, 0.717) is 0 Å². The second kappa shape index (κ2) is 4.98. The predicted molar refractivity (Wildman–Crippen MR) is 79.7 cm³/mol. The van der Waals surface area contributed by atoms with Gasteiger partial charge in [-0.1, -0.05) is 0 Å². The topological polar surface area (TPSA) is 114 Å². The summed E-state index contributed by atoms with van der Waals surface area (Å²) in [6.07, 6.45) is 0. The van der Waals surface area contributed by atoms with Crippen LogP contribution in [0.3, 0.4) is 0 Å². The van der Waals surface area contributed by atoms with Crippen molar-refractivity contribution < 1.29 is 22.8 Å². The minimum Gasteiger partial charge on any atom is -0.380 e. The zero-order valence-electron chi connectivity index (χ0n) is 12.4. The van der Waals surface area contributed by atoms with Gasteiger partial charge in [-0.3, -0.25) is 14.4 Å². The standard InChI is InChI=1S/C14H13N3O5S/c1-17(2)14(20)8-4-3-7-9(16-8)12(19)10-13(11(7)18)23(21,22)6-5-15-10/h3-4,15H,5-6H2,1-2H3. The van der Waals surface area contributed by atoms with E-state index in [2.05, 4.69) is 10.3 Å². The largest absolute Gasteiger partial charge is 0.380 e. The average molecular weight is 335 g/mol. The van der Waals surface area contributed by atoms with Crippen molar-refractivity contribution in [1.82, 2.24) is 15.2 Å². The third-order valence-corrected chi connectivity index (χ3v) is 5.38. The summed E-state index contributed by atoms with van der Waals surface area (Å²) in [6.45, 7) is 0.0475. The molecule has 0 saturated heterocycles. The highest BCUT2D eigenvalue weighted by atomic mass is 32.2. The molecule has 23 heavy (non-hydrogen) atoms. The van der Waals surface area contributed by atoms with E-state index in [1.807, 2.05) is 0 Å². The minimum atomic E-state index is -3.80. The van der Waals surface area contributed by atoms with Crippen molar-refractivity contribution in [2.45, 2.75) is 0 Å². The van der Waals surface area contributed by atoms with E-state index in [-0.39, 0.29) is 34.9 Å². The fourth-order valence-corrected chi connectivity index (χ4v) is 3.93. The zero-order chi connectivity index (χ0) is 16.9. The first-order valence-corrected chi connectivity index (χ1v) is 8.42. The molecule has 1 aliphatic carbocycles. The number of amides is 1. The normalized spacial score (nSPS) is 18.9. The molecule has 1 aromatic heterocycles. The Kier molecular flexibility index (Phi) is 3.33. The number of carbonyl (C=O) groups excluding carboxylic acids is 3. The first kappa shape index (κ1) is 15.3. The van der Waals surface area contributed by atoms with Gasteiger partial charge < -0.3 is 10.2 Å². The molecular weight excluding hydrogens is 322 g/mol. The van der Waals surface area contributed by atoms with E-state index in [1.165, 1.54) is 31.1 Å². The maximum absolute atomic E-state index is 12.5. The van der Waals surface area contributed by atoms with Crippen molar-refractivity contribution >= 4 is 27.3 Å². The lowest BCUT2D eigenvalue weighted by Gasteiger charge is -2.25. The van der Waals surface area contributed by atoms with Crippen molar-refractivity contribution in [1.29, 1.82) is 0 Å². The van der Waals surface area contributed by atoms with Gasteiger partial charge in [0.2, 0.25) is 11.6 Å². The van der Waals surface area contributed by atoms with E-state index in [0.717, 1.165) is 0 Å². The van der Waals surface area contributed by atoms with Crippen molar-refractivity contribution in [3.05, 3.63) is 39.7 Å². The summed E-state index contributed by atoms with van der Waals surface area (Å²) in [6, 6.07) is 2.58. The van der Waals surface area contributed by atoms with E-state index in [4.69, 9.17) is 0 Å². The Balaban J connectivity index is 2.19. The van der Waals surface area contributed by atoms with Crippen LogP contribution in [-0.2, 0) is 9.84 Å². The average Bonchev–Trinajstić information content (AvgIpc) is 2.50. The molecular formula is C14H13N3O5S. The van der Waals surface area contributed by atoms with Crippen molar-refractivity contribution in [3.63, 3.8) is 0 Å². The van der Waals surface area contributed by atoms with Gasteiger partial charge in [0, 0.05) is 20.6 Å². The van der Waals surface area contributed by atoms with Gasteiger partial charge in [0.1, 0.15) is 22.0 Å². The van der Waals surface area contributed by atoms with Crippen LogP contribution >= 0.6 is 0 Å². The van der Waals surface area contributed by atoms with Gasteiger partial charge in [0.05, 0.1) is 11.3 Å². The summed E-state index contributed by atoms with van der Waals surface area (Å²) in [5.41, 5.74) is -0.546. The Labute approximate surface area is 132 Å². The molecule has 120 valence electrons. The molecule has 1 aliphatic heterocycles. The number of hydrogen-bond donors (Lipinski definition) is 1. The third-order valence-electron chi connectivity index (χ3n) is 3.62. The van der Waals surface area contributed by atoms with Crippen LogP contribution in [-0.4, -0.2) is 62.2 Å². The molecule has 3 rings (SSSR count). The Morgan fingerprint density at radius 3 is 2.57 bits per heavy atom. The molecule has 0 aromatic carbocycles. The molecule has 1 amide bonds. The number of fused-ring (bicyclic) bond motifs is 1. The van der Waals surface area contributed by atoms with Crippen molar-refractivity contribution in [2.75, 3.05) is 26.4 Å². The van der Waals surface area contributed by atoms with E-state index >= 15 is 0 Å². The molecule has 0 radical (unpaired) electrons. The molecule has 8 nitrogen and oxygen atoms in total. The Bertz CT molecular complexity index is 899. The summed E-state index contributed by atoms with van der Waals surface area (Å²) >= 11 is 0. The molecule has 0 unspecified atom stereocenters. The van der Waals surface area contributed by atoms with Crippen LogP contribution in [0.4, 0.5) is 0 Å². The van der Waals surface area contributed by atoms with E-state index < -0.39 is 32.2 Å². The zero-order valence-corrected chi connectivity index (χ0v) is 13.2. The number of nitrogens with one attached hydrogen (secondary N) is 1. The molecule has 0 saturated carbocycles. The highest BCUT2D eigenvalue weighted by molar-refractivity contribution is 7.96. The summed E-state index contributed by atoms with van der Waals surface area (Å²) in [7, 11) is -0.736. The Hall–Kier alpha value is -2.55. The number of allylic oxidation sites excluding steroid dienone is 2. The number of aromatic nitrogens is 1. The predicted octanol–water partition coefficient (Wildman–Crippen LogP) is -0.608. The molecule has 1 N–H and O–H groups in total. The van der Waals surface area contributed by atoms with Gasteiger partial charge >= 0.3 is 0 Å². The van der Waals surface area contributed by atoms with Gasteiger partial charge in [0.15, 0.2) is 9.84 Å². The number of sulfone groups is 1. The third kappa shape index (κ3) is 2.24. The second-order valence-electron chi connectivity index (χ2n) is 5.40. The van der Waals surface area contributed by atoms with Crippen LogP contribution in [0.25, 0.3) is 0 Å². The molecule has 0 fully saturated rings. The maximum Gasteiger partial charge on any atom is 0.271 e. The lowest BCUT2D eigenvalue weighted by atomic mass is 9.96. The lowest BCUT2D eigenvalue weighted by Crippen LogP contribution is -2.41. The SMILES string of the molecule is CN(C)C(=O)c1ccc2c(n1)C(=O)C1=C(C2=O)S(=O)(=O)CCN1. The Morgan fingerprint density at radius 1 is 1.22 bits per heavy atom. The van der Waals surface area contributed by atoms with Crippen LogP contribution in [0.5, 0.6) is 0 Å². The summed E-state index contributed by atoms with van der Waals surface area (Å²) in [5, 5.41) is 2.66. The Morgan fingerprint density at radius 2 is 1.91 bits per heavy atom. The smallest absolute Gasteiger partial charge is 0.271 e. The molecule has 1 aromatic rings. The monoisotopic (exact) mass is 335 g/mol. The first-order valence-electron chi connectivity index (χ1n) is 6.77. The molecule has 2 heterocycles. The highest BCUT2D eigenvalue weighted by Crippen LogP contribution is 2.29. The molecule has 9 heteroatoms. The van der Waals surface area contributed by atoms with Crippen LogP contribution < -0.4 is 5.32 Å². The minimum absolute atomic E-state index is 0.0117. The lowest BCUT2D eigenvalue weighted by molar-refractivity contribution is 0.0820. The maximum atomic E-state index is 12.5. The van der Waals surface area contributed by atoms with E-state index in [1.54, 1.807) is 0 Å². The van der Waals surface area contributed by atoms with Crippen LogP contribution in [0, 0.1) is 0 Å². The number of ketones is 2. The van der Waals surface area contributed by atoms with Gasteiger partial charge in [0.25, 0.3) is 5.91 Å². The molecule has 0 spiro atoms. The molecule has 0 atom stereocenters. The summed E-state index contributed by atoms with van der Waals surface area (Å²) in [5.74, 6) is -2.12. The van der Waals surface area contributed by atoms with Gasteiger partial charge in [-0.2, -0.15) is 0 Å². The number of Topliss-reactive ketones (excluding diaryl/α,β-unsaturated/α-hetero) is 2. The highest BCUT2D eigenvalue weighted by Gasteiger charge is 2.42. The first-order chi connectivity index (χ1) is 10.7. The summed E-state index contributed by atoms with van der Waals surface area (Å²) in [4.78, 5) is 41.7. The molecule has 0 bridgehead atoms. The van der Waals surface area contributed by atoms with Gasteiger partial charge in [-0.25, -0.2) is 13.4 Å². The number of pyridine rings is 1. The van der Waals surface area contributed by atoms with Crippen molar-refractivity contribution in [2.24, 2.45) is 0 Å². The van der Waals surface area contributed by atoms with Crippen LogP contribution in [0.15, 0.2) is 22.7 Å². The van der Waals surface area contributed by atoms with Crippen molar-refractivity contribution in [3.8, 4) is 0 Å². The molecule has 2 aliphatic rings. The van der Waals surface area contributed by atoms with E-state index in [9.17, 15) is 22.8 Å². The fourth-order valence-electron chi connectivity index (χ4n) is 2.49. The summed E-state index contributed by atoms with van der Waals surface area (Å²) < 4.78 is 24.2. The number of nitrogens with zero attached hydrogens (tertiary/aromatic N) is 2. The van der Waals surface area contributed by atoms with Gasteiger partial charge in [-0.05, 0) is 12.1 Å². The second-order valence-corrected chi connectivity index (χ2v) is 7.45. The number of carbonyl (C=O) groups is 3. The fraction of sp³-hybridized carbons (Fsp3) is 0.286. The van der Waals surface area contributed by atoms with Crippen LogP contribution in [0.1, 0.15) is 31.3 Å². The number of hydrogen-bond acceptors (Lipinski definition) is 7.